The molecule has 0 bridgehead atoms. The van der Waals surface area contributed by atoms with Gasteiger partial charge in [0.05, 0.1) is 25.9 Å². The summed E-state index contributed by atoms with van der Waals surface area (Å²) in [6.45, 7) is 0.780. The molecule has 0 saturated carbocycles. The first kappa shape index (κ1) is 12.7. The third-order valence-corrected chi connectivity index (χ3v) is 3.89. The highest BCUT2D eigenvalue weighted by Crippen LogP contribution is 2.30. The van der Waals surface area contributed by atoms with Gasteiger partial charge in [-0.1, -0.05) is 18.2 Å². The zero-order valence-corrected chi connectivity index (χ0v) is 10.7. The molecule has 4 nitrogen and oxygen atoms in total. The molecule has 0 aliphatic carbocycles. The Morgan fingerprint density at radius 2 is 2.35 bits per heavy atom. The number of para-hydroxylation sites is 1. The van der Waals surface area contributed by atoms with E-state index in [0.29, 0.717) is 0 Å². The number of hydrazine groups is 1. The Balaban J connectivity index is 2.21. The minimum absolute atomic E-state index is 0.0288. The molecule has 1 heterocycles. The summed E-state index contributed by atoms with van der Waals surface area (Å²) in [6, 6.07) is 7.87. The largest absolute Gasteiger partial charge is 0.496 e. The molecule has 1 fully saturated rings. The molecule has 2 unspecified atom stereocenters. The summed E-state index contributed by atoms with van der Waals surface area (Å²) in [7, 11) is 1.67. The average Bonchev–Trinajstić information content (AvgIpc) is 2.41. The molecule has 94 valence electrons. The Morgan fingerprint density at radius 3 is 3.00 bits per heavy atom. The van der Waals surface area contributed by atoms with Crippen LogP contribution in [0.25, 0.3) is 0 Å². The number of nitrogens with two attached hydrogens (primary N) is 1. The highest BCUT2D eigenvalue weighted by Gasteiger charge is 2.27. The second-order valence-electron chi connectivity index (χ2n) is 3.87. The molecular weight excluding hydrogens is 236 g/mol. The van der Waals surface area contributed by atoms with Crippen LogP contribution >= 0.6 is 11.8 Å². The van der Waals surface area contributed by atoms with E-state index in [1.807, 2.05) is 36.0 Å². The Morgan fingerprint density at radius 1 is 1.53 bits per heavy atom. The lowest BCUT2D eigenvalue weighted by Gasteiger charge is -2.30. The third-order valence-electron chi connectivity index (χ3n) is 2.87. The average molecular weight is 254 g/mol. The van der Waals surface area contributed by atoms with Crippen molar-refractivity contribution in [3.05, 3.63) is 29.8 Å². The van der Waals surface area contributed by atoms with Gasteiger partial charge in [-0.2, -0.15) is 11.8 Å². The van der Waals surface area contributed by atoms with E-state index in [4.69, 9.17) is 15.3 Å². The molecule has 0 aromatic heterocycles. The molecule has 5 heteroatoms. The van der Waals surface area contributed by atoms with Crippen molar-refractivity contribution >= 4 is 11.8 Å². The number of rotatable bonds is 4. The molecule has 1 aromatic carbocycles. The normalized spacial score (nSPS) is 22.1. The number of hydrogen-bond donors (Lipinski definition) is 2. The number of thioether (sulfide) groups is 1. The predicted molar refractivity (Wildman–Crippen MR) is 70.1 cm³/mol. The van der Waals surface area contributed by atoms with E-state index in [1.165, 1.54) is 0 Å². The number of ether oxygens (including phenoxy) is 2. The number of benzene rings is 1. The maximum Gasteiger partial charge on any atom is 0.123 e. The van der Waals surface area contributed by atoms with Gasteiger partial charge in [0.1, 0.15) is 5.75 Å². The van der Waals surface area contributed by atoms with Crippen LogP contribution in [0.1, 0.15) is 11.6 Å². The number of nitrogens with one attached hydrogen (secondary N) is 1. The molecule has 0 radical (unpaired) electrons. The van der Waals surface area contributed by atoms with Crippen molar-refractivity contribution in [1.82, 2.24) is 5.43 Å². The molecule has 17 heavy (non-hydrogen) atoms. The first-order valence-corrected chi connectivity index (χ1v) is 6.80. The first-order valence-electron chi connectivity index (χ1n) is 5.65. The molecule has 1 aliphatic heterocycles. The summed E-state index contributed by atoms with van der Waals surface area (Å²) in [5.41, 5.74) is 3.89. The lowest BCUT2D eigenvalue weighted by Crippen LogP contribution is -2.41. The van der Waals surface area contributed by atoms with Gasteiger partial charge in [-0.3, -0.25) is 11.3 Å². The van der Waals surface area contributed by atoms with E-state index in [-0.39, 0.29) is 12.1 Å². The fourth-order valence-electron chi connectivity index (χ4n) is 2.02. The molecule has 2 atom stereocenters. The van der Waals surface area contributed by atoms with Gasteiger partial charge in [0.2, 0.25) is 0 Å². The van der Waals surface area contributed by atoms with E-state index < -0.39 is 0 Å². The quantitative estimate of drug-likeness (QED) is 0.627. The van der Waals surface area contributed by atoms with Gasteiger partial charge in [-0.25, -0.2) is 0 Å². The van der Waals surface area contributed by atoms with Crippen molar-refractivity contribution in [1.29, 1.82) is 0 Å². The van der Waals surface area contributed by atoms with Gasteiger partial charge in [0.15, 0.2) is 0 Å². The summed E-state index contributed by atoms with van der Waals surface area (Å²) in [5, 5.41) is 0. The van der Waals surface area contributed by atoms with Crippen LogP contribution < -0.4 is 16.0 Å². The Labute approximate surface area is 106 Å². The van der Waals surface area contributed by atoms with Crippen LogP contribution in [-0.4, -0.2) is 31.3 Å². The van der Waals surface area contributed by atoms with Crippen molar-refractivity contribution in [2.24, 2.45) is 5.84 Å². The van der Waals surface area contributed by atoms with E-state index in [2.05, 4.69) is 5.43 Å². The van der Waals surface area contributed by atoms with Crippen LogP contribution in [0.4, 0.5) is 0 Å². The topological polar surface area (TPSA) is 56.5 Å². The number of hydrogen-bond acceptors (Lipinski definition) is 5. The molecule has 3 N–H and O–H groups in total. The van der Waals surface area contributed by atoms with Gasteiger partial charge in [-0.15, -0.1) is 0 Å². The van der Waals surface area contributed by atoms with Crippen LogP contribution in [0.5, 0.6) is 5.75 Å². The van der Waals surface area contributed by atoms with Gasteiger partial charge in [0, 0.05) is 17.1 Å². The van der Waals surface area contributed by atoms with Gasteiger partial charge in [0.25, 0.3) is 0 Å². The molecular formula is C12H18N2O2S. The molecule has 0 amide bonds. The molecule has 2 rings (SSSR count). The van der Waals surface area contributed by atoms with Gasteiger partial charge < -0.3 is 9.47 Å². The molecule has 1 aliphatic rings. The van der Waals surface area contributed by atoms with Crippen molar-refractivity contribution in [2.45, 2.75) is 12.1 Å². The van der Waals surface area contributed by atoms with E-state index in [9.17, 15) is 0 Å². The summed E-state index contributed by atoms with van der Waals surface area (Å²) in [6.07, 6.45) is 0.0926. The van der Waals surface area contributed by atoms with E-state index in [0.717, 1.165) is 29.4 Å². The minimum atomic E-state index is -0.0288. The maximum absolute atomic E-state index is 5.77. The third kappa shape index (κ3) is 2.93. The van der Waals surface area contributed by atoms with Crippen LogP contribution in [0.3, 0.4) is 0 Å². The van der Waals surface area contributed by atoms with E-state index >= 15 is 0 Å². The lowest BCUT2D eigenvalue weighted by atomic mass is 10.0. The second-order valence-corrected chi connectivity index (χ2v) is 5.02. The van der Waals surface area contributed by atoms with Crippen LogP contribution in [0, 0.1) is 0 Å². The lowest BCUT2D eigenvalue weighted by molar-refractivity contribution is 0.0461. The van der Waals surface area contributed by atoms with Crippen LogP contribution in [-0.2, 0) is 4.74 Å². The summed E-state index contributed by atoms with van der Waals surface area (Å²) in [4.78, 5) is 0. The summed E-state index contributed by atoms with van der Waals surface area (Å²) in [5.74, 6) is 8.51. The monoisotopic (exact) mass is 254 g/mol. The SMILES string of the molecule is COc1ccccc1C(NN)C1CSCCO1. The van der Waals surface area contributed by atoms with Crippen LogP contribution in [0.15, 0.2) is 24.3 Å². The van der Waals surface area contributed by atoms with Crippen molar-refractivity contribution in [2.75, 3.05) is 25.2 Å². The number of methoxy groups -OCH3 is 1. The fourth-order valence-corrected chi connectivity index (χ4v) is 2.92. The highest BCUT2D eigenvalue weighted by atomic mass is 32.2. The zero-order chi connectivity index (χ0) is 12.1. The summed E-state index contributed by atoms with van der Waals surface area (Å²) >= 11 is 1.89. The van der Waals surface area contributed by atoms with Crippen LogP contribution in [0.2, 0.25) is 0 Å². The summed E-state index contributed by atoms with van der Waals surface area (Å²) < 4.78 is 11.1. The molecule has 1 aromatic rings. The van der Waals surface area contributed by atoms with Crippen molar-refractivity contribution < 1.29 is 9.47 Å². The molecule has 0 spiro atoms. The second kappa shape index (κ2) is 6.26. The smallest absolute Gasteiger partial charge is 0.123 e. The van der Waals surface area contributed by atoms with Crippen molar-refractivity contribution in [3.8, 4) is 5.75 Å². The highest BCUT2D eigenvalue weighted by molar-refractivity contribution is 7.99. The minimum Gasteiger partial charge on any atom is -0.496 e. The maximum atomic E-state index is 5.77. The fraction of sp³-hybridized carbons (Fsp3) is 0.500. The first-order chi connectivity index (χ1) is 8.36. The predicted octanol–water partition coefficient (Wildman–Crippen LogP) is 1.33. The van der Waals surface area contributed by atoms with Gasteiger partial charge in [-0.05, 0) is 6.07 Å². The Hall–Kier alpha value is -0.750. The van der Waals surface area contributed by atoms with Crippen molar-refractivity contribution in [3.63, 3.8) is 0 Å². The van der Waals surface area contributed by atoms with E-state index in [1.54, 1.807) is 7.11 Å². The zero-order valence-electron chi connectivity index (χ0n) is 9.89. The standard InChI is InChI=1S/C12H18N2O2S/c1-15-10-5-3-2-4-9(10)12(14-13)11-8-17-7-6-16-11/h2-5,11-12,14H,6-8,13H2,1H3. The Kier molecular flexibility index (Phi) is 4.67. The molecule has 1 saturated heterocycles. The Bertz CT molecular complexity index is 356. The van der Waals surface area contributed by atoms with Gasteiger partial charge >= 0.3 is 0 Å².